The van der Waals surface area contributed by atoms with Gasteiger partial charge in [0.1, 0.15) is 23.0 Å². The number of carbonyl (C=O) groups is 1. The minimum atomic E-state index is -0.839. The molecule has 1 amide bonds. The lowest BCUT2D eigenvalue weighted by Gasteiger charge is -2.40. The summed E-state index contributed by atoms with van der Waals surface area (Å²) in [5, 5.41) is 10.2. The van der Waals surface area contributed by atoms with Gasteiger partial charge in [-0.3, -0.25) is 4.79 Å². The van der Waals surface area contributed by atoms with Crippen molar-refractivity contribution in [2.45, 2.75) is 51.0 Å². The van der Waals surface area contributed by atoms with E-state index in [0.717, 1.165) is 53.3 Å². The van der Waals surface area contributed by atoms with E-state index in [4.69, 9.17) is 4.98 Å². The lowest BCUT2D eigenvalue weighted by atomic mass is 9.89. The molecule has 4 aromatic rings. The highest BCUT2D eigenvalue weighted by atomic mass is 19.1. The van der Waals surface area contributed by atoms with E-state index in [0.29, 0.717) is 25.6 Å². The fraction of sp³-hybridized carbons (Fsp3) is 0.407. The predicted octanol–water partition coefficient (Wildman–Crippen LogP) is 4.95. The van der Waals surface area contributed by atoms with Crippen LogP contribution < -0.4 is 4.90 Å². The zero-order valence-electron chi connectivity index (χ0n) is 20.2. The Labute approximate surface area is 207 Å². The SMILES string of the molecule is C[C@@H]1CN(c2nc3ccccc3c3nnc(C4CCCCC4)n23)CCN1C(=O)c1c(F)cccc1F. The van der Waals surface area contributed by atoms with Gasteiger partial charge >= 0.3 is 0 Å². The summed E-state index contributed by atoms with van der Waals surface area (Å²) in [5.41, 5.74) is 1.13. The Morgan fingerprint density at radius 2 is 1.69 bits per heavy atom. The van der Waals surface area contributed by atoms with Crippen molar-refractivity contribution in [2.24, 2.45) is 0 Å². The molecule has 3 heterocycles. The molecule has 0 bridgehead atoms. The van der Waals surface area contributed by atoms with E-state index in [1.807, 2.05) is 31.2 Å². The van der Waals surface area contributed by atoms with Crippen molar-refractivity contribution in [3.05, 3.63) is 65.5 Å². The summed E-state index contributed by atoms with van der Waals surface area (Å²) in [5.74, 6) is -0.271. The number of fused-ring (bicyclic) bond motifs is 3. The van der Waals surface area contributed by atoms with Gasteiger partial charge in [-0.1, -0.05) is 37.5 Å². The van der Waals surface area contributed by atoms with Crippen LogP contribution in [0.25, 0.3) is 16.6 Å². The lowest BCUT2D eigenvalue weighted by molar-refractivity contribution is 0.0663. The van der Waals surface area contributed by atoms with Crippen molar-refractivity contribution in [2.75, 3.05) is 24.5 Å². The molecule has 0 radical (unpaired) electrons. The maximum Gasteiger partial charge on any atom is 0.260 e. The minimum absolute atomic E-state index is 0.275. The first-order chi connectivity index (χ1) is 17.5. The molecule has 36 heavy (non-hydrogen) atoms. The maximum atomic E-state index is 14.3. The van der Waals surface area contributed by atoms with E-state index in [9.17, 15) is 13.6 Å². The van der Waals surface area contributed by atoms with Crippen LogP contribution in [-0.2, 0) is 0 Å². The lowest BCUT2D eigenvalue weighted by Crippen LogP contribution is -2.55. The number of hydrogen-bond acceptors (Lipinski definition) is 5. The molecule has 1 atom stereocenters. The Hall–Kier alpha value is -3.62. The molecule has 2 fully saturated rings. The van der Waals surface area contributed by atoms with Crippen molar-refractivity contribution >= 4 is 28.4 Å². The number of benzene rings is 2. The third-order valence-corrected chi connectivity index (χ3v) is 7.57. The molecule has 1 aliphatic heterocycles. The zero-order chi connectivity index (χ0) is 24.8. The van der Waals surface area contributed by atoms with Crippen molar-refractivity contribution < 1.29 is 13.6 Å². The van der Waals surface area contributed by atoms with Crippen LogP contribution in [0.3, 0.4) is 0 Å². The Morgan fingerprint density at radius 1 is 0.944 bits per heavy atom. The molecule has 0 spiro atoms. The summed E-state index contributed by atoms with van der Waals surface area (Å²) in [4.78, 5) is 21.8. The quantitative estimate of drug-likeness (QED) is 0.406. The first kappa shape index (κ1) is 22.8. The third-order valence-electron chi connectivity index (χ3n) is 7.57. The molecule has 0 unspecified atom stereocenters. The standard InChI is InChI=1S/C27H28F2N6O/c1-17-16-33(14-15-34(17)26(36)23-20(28)11-7-12-21(23)29)27-30-22-13-6-5-10-19(22)25-32-31-24(35(25)27)18-8-3-2-4-9-18/h5-7,10-13,17-18H,2-4,8-9,14-16H2,1H3/t17-/m1/s1. The van der Waals surface area contributed by atoms with Crippen LogP contribution in [-0.4, -0.2) is 56.1 Å². The van der Waals surface area contributed by atoms with Crippen LogP contribution in [0.1, 0.15) is 61.1 Å². The van der Waals surface area contributed by atoms with Gasteiger partial charge < -0.3 is 9.80 Å². The largest absolute Gasteiger partial charge is 0.338 e. The molecule has 6 rings (SSSR count). The predicted molar refractivity (Wildman–Crippen MR) is 133 cm³/mol. The Balaban J connectivity index is 1.37. The number of carbonyl (C=O) groups excluding carboxylic acids is 1. The second-order valence-corrected chi connectivity index (χ2v) is 9.87. The van der Waals surface area contributed by atoms with Gasteiger partial charge in [0.15, 0.2) is 5.65 Å². The van der Waals surface area contributed by atoms with Crippen molar-refractivity contribution in [3.8, 4) is 0 Å². The van der Waals surface area contributed by atoms with Gasteiger partial charge in [-0.25, -0.2) is 18.2 Å². The van der Waals surface area contributed by atoms with Crippen molar-refractivity contribution in [1.29, 1.82) is 0 Å². The number of piperazine rings is 1. The highest BCUT2D eigenvalue weighted by Crippen LogP contribution is 2.35. The highest BCUT2D eigenvalue weighted by molar-refractivity contribution is 5.95. The van der Waals surface area contributed by atoms with Gasteiger partial charge in [-0.05, 0) is 44.0 Å². The van der Waals surface area contributed by atoms with Crippen LogP contribution in [0.4, 0.5) is 14.7 Å². The van der Waals surface area contributed by atoms with Gasteiger partial charge in [0.2, 0.25) is 5.95 Å². The number of nitrogens with zero attached hydrogens (tertiary/aromatic N) is 6. The molecule has 1 aliphatic carbocycles. The maximum absolute atomic E-state index is 14.3. The monoisotopic (exact) mass is 490 g/mol. The molecule has 7 nitrogen and oxygen atoms in total. The minimum Gasteiger partial charge on any atom is -0.338 e. The number of aromatic nitrogens is 4. The third kappa shape index (κ3) is 3.77. The number of amides is 1. The zero-order valence-corrected chi connectivity index (χ0v) is 20.2. The first-order valence-electron chi connectivity index (χ1n) is 12.7. The summed E-state index contributed by atoms with van der Waals surface area (Å²) >= 11 is 0. The molecular formula is C27H28F2N6O. The van der Waals surface area contributed by atoms with E-state index in [1.54, 1.807) is 4.90 Å². The molecular weight excluding hydrogens is 462 g/mol. The number of rotatable bonds is 3. The van der Waals surface area contributed by atoms with Crippen LogP contribution in [0.5, 0.6) is 0 Å². The van der Waals surface area contributed by atoms with Crippen LogP contribution >= 0.6 is 0 Å². The van der Waals surface area contributed by atoms with Gasteiger partial charge in [-0.15, -0.1) is 10.2 Å². The fourth-order valence-corrected chi connectivity index (χ4v) is 5.71. The average molecular weight is 491 g/mol. The van der Waals surface area contributed by atoms with Crippen molar-refractivity contribution in [1.82, 2.24) is 24.5 Å². The topological polar surface area (TPSA) is 66.6 Å². The molecule has 0 N–H and O–H groups in total. The first-order valence-corrected chi connectivity index (χ1v) is 12.7. The molecule has 1 saturated carbocycles. The van der Waals surface area contributed by atoms with E-state index in [1.165, 1.54) is 25.3 Å². The van der Waals surface area contributed by atoms with Gasteiger partial charge in [0.25, 0.3) is 5.91 Å². The van der Waals surface area contributed by atoms with E-state index in [-0.39, 0.29) is 6.04 Å². The second kappa shape index (κ2) is 9.11. The molecule has 1 saturated heterocycles. The average Bonchev–Trinajstić information content (AvgIpc) is 3.34. The Bertz CT molecular complexity index is 1430. The summed E-state index contributed by atoms with van der Waals surface area (Å²) in [7, 11) is 0. The van der Waals surface area contributed by atoms with Crippen LogP contribution in [0.15, 0.2) is 42.5 Å². The summed E-state index contributed by atoms with van der Waals surface area (Å²) in [6, 6.07) is 11.1. The number of anilines is 1. The molecule has 9 heteroatoms. The van der Waals surface area contributed by atoms with Crippen LogP contribution in [0.2, 0.25) is 0 Å². The Morgan fingerprint density at radius 3 is 2.44 bits per heavy atom. The van der Waals surface area contributed by atoms with Crippen LogP contribution in [0, 0.1) is 11.6 Å². The van der Waals surface area contributed by atoms with Gasteiger partial charge in [0.05, 0.1) is 5.52 Å². The van der Waals surface area contributed by atoms with Gasteiger partial charge in [0, 0.05) is 37.0 Å². The summed E-state index contributed by atoms with van der Waals surface area (Å²) in [6.45, 7) is 3.18. The van der Waals surface area contributed by atoms with E-state index in [2.05, 4.69) is 19.5 Å². The van der Waals surface area contributed by atoms with E-state index >= 15 is 0 Å². The molecule has 2 aliphatic rings. The summed E-state index contributed by atoms with van der Waals surface area (Å²) < 4.78 is 30.7. The Kier molecular flexibility index (Phi) is 5.78. The normalized spacial score (nSPS) is 19.4. The molecule has 186 valence electrons. The number of hydrogen-bond donors (Lipinski definition) is 0. The molecule has 2 aromatic heterocycles. The van der Waals surface area contributed by atoms with Crippen molar-refractivity contribution in [3.63, 3.8) is 0 Å². The van der Waals surface area contributed by atoms with Gasteiger partial charge in [-0.2, -0.15) is 0 Å². The van der Waals surface area contributed by atoms with E-state index < -0.39 is 23.1 Å². The number of para-hydroxylation sites is 1. The highest BCUT2D eigenvalue weighted by Gasteiger charge is 2.33. The summed E-state index contributed by atoms with van der Waals surface area (Å²) in [6.07, 6.45) is 5.78. The molecule has 2 aromatic carbocycles. The smallest absolute Gasteiger partial charge is 0.260 e. The number of halogens is 2. The fourth-order valence-electron chi connectivity index (χ4n) is 5.71. The second-order valence-electron chi connectivity index (χ2n) is 9.87.